The Labute approximate surface area is 128 Å². The molecule has 0 amide bonds. The molecule has 1 radical (unpaired) electrons. The van der Waals surface area contributed by atoms with Crippen LogP contribution < -0.4 is 0 Å². The zero-order valence-electron chi connectivity index (χ0n) is 10.6. The molecule has 0 fully saturated rings. The Morgan fingerprint density at radius 1 is 1.15 bits per heavy atom. The molecule has 4 aromatic rings. The molecule has 20 heavy (non-hydrogen) atoms. The van der Waals surface area contributed by atoms with Crippen molar-refractivity contribution in [1.29, 1.82) is 0 Å². The van der Waals surface area contributed by atoms with Gasteiger partial charge in [0.05, 0.1) is 6.33 Å². The van der Waals surface area contributed by atoms with Crippen LogP contribution in [0.1, 0.15) is 0 Å². The van der Waals surface area contributed by atoms with Crippen LogP contribution in [0.15, 0.2) is 42.7 Å². The first-order chi connectivity index (χ1) is 9.25. The van der Waals surface area contributed by atoms with Gasteiger partial charge in [-0.15, -0.1) is 23.6 Å². The average Bonchev–Trinajstić information content (AvgIpc) is 2.81. The zero-order chi connectivity index (χ0) is 13.0. The number of benzene rings is 3. The van der Waals surface area contributed by atoms with Crippen molar-refractivity contribution in [3.05, 3.63) is 54.6 Å². The molecule has 4 rings (SSSR count). The second-order valence-corrected chi connectivity index (χ2v) is 4.70. The standard InChI is InChI=1S/C16H10FN2.Ir/c1-19-9-18-15-12-7-6-10(17)8-14(12)11-4-2-3-5-13(11)16(15)19;/h2-6,8-9H,1H3;/q-1;. The summed E-state index contributed by atoms with van der Waals surface area (Å²) in [6.07, 6.45) is 1.79. The Balaban J connectivity index is 0.00000121. The van der Waals surface area contributed by atoms with Crippen molar-refractivity contribution in [2.24, 2.45) is 7.05 Å². The number of aromatic nitrogens is 2. The van der Waals surface area contributed by atoms with E-state index in [0.717, 1.165) is 32.6 Å². The van der Waals surface area contributed by atoms with Gasteiger partial charge < -0.3 is 4.57 Å². The van der Waals surface area contributed by atoms with Crippen molar-refractivity contribution in [2.75, 3.05) is 0 Å². The molecule has 0 atom stereocenters. The van der Waals surface area contributed by atoms with E-state index in [2.05, 4.69) is 11.1 Å². The van der Waals surface area contributed by atoms with Gasteiger partial charge >= 0.3 is 0 Å². The molecule has 2 nitrogen and oxygen atoms in total. The molecule has 101 valence electrons. The summed E-state index contributed by atoms with van der Waals surface area (Å²) in [6.45, 7) is 0. The summed E-state index contributed by atoms with van der Waals surface area (Å²) in [4.78, 5) is 4.44. The van der Waals surface area contributed by atoms with Gasteiger partial charge in [0.15, 0.2) is 0 Å². The molecular weight excluding hydrogens is 431 g/mol. The van der Waals surface area contributed by atoms with E-state index in [-0.39, 0.29) is 25.9 Å². The third-order valence-corrected chi connectivity index (χ3v) is 3.55. The molecule has 0 bridgehead atoms. The van der Waals surface area contributed by atoms with E-state index in [1.807, 2.05) is 35.9 Å². The van der Waals surface area contributed by atoms with Gasteiger partial charge in [0.2, 0.25) is 0 Å². The van der Waals surface area contributed by atoms with Gasteiger partial charge in [0.25, 0.3) is 0 Å². The molecule has 1 heterocycles. The van der Waals surface area contributed by atoms with E-state index in [1.165, 1.54) is 6.07 Å². The Morgan fingerprint density at radius 2 is 1.90 bits per heavy atom. The number of rotatable bonds is 0. The first kappa shape index (κ1) is 13.2. The van der Waals surface area contributed by atoms with Crippen LogP contribution in [-0.4, -0.2) is 9.55 Å². The zero-order valence-corrected chi connectivity index (χ0v) is 13.0. The third kappa shape index (κ3) is 1.69. The van der Waals surface area contributed by atoms with E-state index < -0.39 is 0 Å². The van der Waals surface area contributed by atoms with Crippen molar-refractivity contribution < 1.29 is 24.5 Å². The maximum Gasteiger partial charge on any atom is 0.0840 e. The van der Waals surface area contributed by atoms with Gasteiger partial charge in [0.1, 0.15) is 0 Å². The second kappa shape index (κ2) is 4.65. The smallest absolute Gasteiger partial charge is 0.0840 e. The van der Waals surface area contributed by atoms with Crippen LogP contribution in [0, 0.1) is 11.9 Å². The molecule has 3 aromatic carbocycles. The van der Waals surface area contributed by atoms with E-state index >= 15 is 0 Å². The fraction of sp³-hybridized carbons (Fsp3) is 0.0625. The number of hydrogen-bond donors (Lipinski definition) is 0. The van der Waals surface area contributed by atoms with Crippen LogP contribution in [-0.2, 0) is 27.2 Å². The Hall–Kier alpha value is -1.77. The number of fused-ring (bicyclic) bond motifs is 6. The van der Waals surface area contributed by atoms with Gasteiger partial charge in [0, 0.05) is 44.0 Å². The van der Waals surface area contributed by atoms with Crippen LogP contribution in [0.4, 0.5) is 4.39 Å². The predicted octanol–water partition coefficient (Wildman–Crippen LogP) is 3.82. The minimum absolute atomic E-state index is 0. The minimum Gasteiger partial charge on any atom is -0.342 e. The van der Waals surface area contributed by atoms with Crippen molar-refractivity contribution in [3.63, 3.8) is 0 Å². The van der Waals surface area contributed by atoms with Crippen LogP contribution in [0.2, 0.25) is 0 Å². The first-order valence-electron chi connectivity index (χ1n) is 6.08. The number of halogens is 1. The number of aryl methyl sites for hydroxylation is 1. The second-order valence-electron chi connectivity index (χ2n) is 4.70. The van der Waals surface area contributed by atoms with Gasteiger partial charge in [-0.3, -0.25) is 9.37 Å². The van der Waals surface area contributed by atoms with Crippen molar-refractivity contribution in [2.45, 2.75) is 0 Å². The monoisotopic (exact) mass is 442 g/mol. The molecule has 4 heteroatoms. The quantitative estimate of drug-likeness (QED) is 0.300. The summed E-state index contributed by atoms with van der Waals surface area (Å²) in [5.41, 5.74) is 1.93. The summed E-state index contributed by atoms with van der Waals surface area (Å²) < 4.78 is 15.5. The van der Waals surface area contributed by atoms with Gasteiger partial charge in [-0.1, -0.05) is 35.0 Å². The summed E-state index contributed by atoms with van der Waals surface area (Å²) >= 11 is 0. The fourth-order valence-electron chi connectivity index (χ4n) is 2.73. The molecule has 1 aromatic heterocycles. The molecule has 0 N–H and O–H groups in total. The number of nitrogens with zero attached hydrogens (tertiary/aromatic N) is 2. The summed E-state index contributed by atoms with van der Waals surface area (Å²) in [6, 6.07) is 14.0. The molecule has 0 saturated heterocycles. The molecule has 0 aliphatic carbocycles. The van der Waals surface area contributed by atoms with Crippen LogP contribution in [0.25, 0.3) is 32.6 Å². The van der Waals surface area contributed by atoms with Crippen LogP contribution in [0.5, 0.6) is 0 Å². The van der Waals surface area contributed by atoms with Crippen molar-refractivity contribution in [3.8, 4) is 0 Å². The Kier molecular flexibility index (Phi) is 3.08. The summed E-state index contributed by atoms with van der Waals surface area (Å²) in [7, 11) is 1.97. The maximum atomic E-state index is 13.5. The largest absolute Gasteiger partial charge is 0.342 e. The summed E-state index contributed by atoms with van der Waals surface area (Å²) in [5, 5.41) is 3.85. The van der Waals surface area contributed by atoms with Crippen LogP contribution in [0.3, 0.4) is 0 Å². The van der Waals surface area contributed by atoms with E-state index in [0.29, 0.717) is 0 Å². The van der Waals surface area contributed by atoms with Crippen molar-refractivity contribution >= 4 is 32.6 Å². The fourth-order valence-corrected chi connectivity index (χ4v) is 2.73. The first-order valence-corrected chi connectivity index (χ1v) is 6.08. The van der Waals surface area contributed by atoms with E-state index in [9.17, 15) is 4.39 Å². The third-order valence-electron chi connectivity index (χ3n) is 3.55. The van der Waals surface area contributed by atoms with Crippen LogP contribution >= 0.6 is 0 Å². The van der Waals surface area contributed by atoms with Gasteiger partial charge in [-0.05, 0) is 5.39 Å². The molecular formula is C16H10FIrN2-. The predicted molar refractivity (Wildman–Crippen MR) is 74.5 cm³/mol. The van der Waals surface area contributed by atoms with E-state index in [1.54, 1.807) is 12.4 Å². The SMILES string of the molecule is Cn1cnc2c3[c-]cc(F)cc3c3ccccc3c21.[Ir]. The van der Waals surface area contributed by atoms with E-state index in [4.69, 9.17) is 0 Å². The summed E-state index contributed by atoms with van der Waals surface area (Å²) in [5.74, 6) is -0.270. The molecule has 0 unspecified atom stereocenters. The maximum absolute atomic E-state index is 13.5. The van der Waals surface area contributed by atoms with Crippen molar-refractivity contribution in [1.82, 2.24) is 9.55 Å². The molecule has 0 aliphatic heterocycles. The number of hydrogen-bond acceptors (Lipinski definition) is 1. The van der Waals surface area contributed by atoms with Gasteiger partial charge in [-0.2, -0.15) is 0 Å². The van der Waals surface area contributed by atoms with Gasteiger partial charge in [-0.25, -0.2) is 0 Å². The minimum atomic E-state index is -0.270. The normalized spacial score (nSPS) is 11.1. The molecule has 0 spiro atoms. The molecule has 0 aliphatic rings. The topological polar surface area (TPSA) is 17.8 Å². The Bertz CT molecular complexity index is 943. The Morgan fingerprint density at radius 3 is 2.70 bits per heavy atom. The number of imidazole rings is 1. The average molecular weight is 441 g/mol. The molecule has 0 saturated carbocycles.